The molecule has 7 atom stereocenters. The van der Waals surface area contributed by atoms with Gasteiger partial charge in [-0.25, -0.2) is 0 Å². The van der Waals surface area contributed by atoms with Gasteiger partial charge in [-0.05, 0) is 53.1 Å². The Balaban J connectivity index is 0.000000492. The Hall–Kier alpha value is -2.54. The molecular weight excluding hydrogens is 747 g/mol. The van der Waals surface area contributed by atoms with Crippen molar-refractivity contribution in [1.82, 2.24) is 0 Å². The van der Waals surface area contributed by atoms with Gasteiger partial charge in [0, 0.05) is 11.1 Å². The summed E-state index contributed by atoms with van der Waals surface area (Å²) in [6, 6.07) is 37.4. The van der Waals surface area contributed by atoms with E-state index in [1.807, 2.05) is 121 Å². The summed E-state index contributed by atoms with van der Waals surface area (Å²) in [5.74, 6) is 2.30. The molecule has 9 rings (SSSR count). The molecule has 0 amide bonds. The third-order valence-electron chi connectivity index (χ3n) is 8.54. The molecule has 2 saturated heterocycles. The van der Waals surface area contributed by atoms with Gasteiger partial charge in [0.05, 0.1) is 35.8 Å². The van der Waals surface area contributed by atoms with Crippen LogP contribution in [0.15, 0.2) is 121 Å². The Kier molecular flexibility index (Phi) is 11.9. The van der Waals surface area contributed by atoms with Gasteiger partial charge >= 0.3 is 0 Å². The van der Waals surface area contributed by atoms with E-state index >= 15 is 9.13 Å². The van der Waals surface area contributed by atoms with Crippen LogP contribution >= 0.6 is 54.1 Å². The van der Waals surface area contributed by atoms with E-state index in [-0.39, 0.29) is 16.0 Å². The highest BCUT2D eigenvalue weighted by atomic mass is 35.5. The fourth-order valence-corrected chi connectivity index (χ4v) is 13.5. The van der Waals surface area contributed by atoms with Gasteiger partial charge in [0.15, 0.2) is 5.40 Å². The van der Waals surface area contributed by atoms with Crippen LogP contribution in [0.4, 0.5) is 0 Å². The molecule has 0 aliphatic carbocycles. The summed E-state index contributed by atoms with van der Waals surface area (Å²) >= 11 is 5.27. The van der Waals surface area contributed by atoms with Crippen molar-refractivity contribution in [3.8, 4) is 39.5 Å². The molecule has 0 spiro atoms. The van der Waals surface area contributed by atoms with Crippen LogP contribution < -0.4 is 24.4 Å². The fraction of sp³-hybridized carbons (Fsp3) is 0.189. The van der Waals surface area contributed by atoms with Crippen LogP contribution in [0, 0.1) is 0 Å². The van der Waals surface area contributed by atoms with E-state index in [2.05, 4.69) is 17.9 Å². The number of fused-ring (bicyclic) bond motifs is 6. The van der Waals surface area contributed by atoms with Crippen LogP contribution in [0.1, 0.15) is 11.0 Å². The average Bonchev–Trinajstić information content (AvgIpc) is 4.09. The Labute approximate surface area is 305 Å². The number of epoxide rings is 2. The Bertz CT molecular complexity index is 1940. The summed E-state index contributed by atoms with van der Waals surface area (Å²) < 4.78 is 60.5. The molecule has 4 aliphatic heterocycles. The summed E-state index contributed by atoms with van der Waals surface area (Å²) in [4.78, 5) is 0. The van der Waals surface area contributed by atoms with Crippen LogP contribution in [0.3, 0.4) is 0 Å². The molecule has 0 bridgehead atoms. The van der Waals surface area contributed by atoms with Crippen molar-refractivity contribution in [1.29, 1.82) is 0 Å². The molecule has 0 N–H and O–H groups in total. The van der Waals surface area contributed by atoms with E-state index in [1.54, 1.807) is 0 Å². The number of hydrogen-bond donors (Lipinski definition) is 0. The van der Waals surface area contributed by atoms with Gasteiger partial charge in [0.1, 0.15) is 30.0 Å². The second-order valence-electron chi connectivity index (χ2n) is 11.7. The van der Waals surface area contributed by atoms with E-state index < -0.39 is 20.1 Å². The molecular formula is C37H38ClO7P5. The summed E-state index contributed by atoms with van der Waals surface area (Å²) in [5.41, 5.74) is 3.87. The SMILES string of the molecule is ClCC1CO1.O=P1(C(c2ccc(OCC3CO3)cc2)P2(=O)Oc3ccccc3-c3ccccc32)Oc2ccccc2-c2ccccc21.P.PP. The third kappa shape index (κ3) is 7.36. The summed E-state index contributed by atoms with van der Waals surface area (Å²) in [6.45, 7) is 2.03. The summed E-state index contributed by atoms with van der Waals surface area (Å²) in [6.07, 6.45) is 0.514. The fourth-order valence-electron chi connectivity index (χ4n) is 6.08. The van der Waals surface area contributed by atoms with Crippen molar-refractivity contribution in [2.75, 3.05) is 25.7 Å². The molecule has 0 aromatic heterocycles. The molecule has 0 saturated carbocycles. The van der Waals surface area contributed by atoms with Gasteiger partial charge in [0.25, 0.3) is 14.7 Å². The lowest BCUT2D eigenvalue weighted by Gasteiger charge is -2.39. The zero-order chi connectivity index (χ0) is 34.0. The zero-order valence-electron chi connectivity index (χ0n) is 27.1. The van der Waals surface area contributed by atoms with Crippen LogP contribution in [-0.2, 0) is 18.6 Å². The average molecular weight is 785 g/mol. The van der Waals surface area contributed by atoms with Gasteiger partial charge in [-0.15, -0.1) is 29.5 Å². The zero-order valence-corrected chi connectivity index (χ0v) is 33.4. The monoisotopic (exact) mass is 784 g/mol. The number of hydrogen-bond acceptors (Lipinski definition) is 7. The molecule has 13 heteroatoms. The minimum Gasteiger partial charge on any atom is -0.491 e. The Morgan fingerprint density at radius 1 is 0.640 bits per heavy atom. The van der Waals surface area contributed by atoms with Crippen LogP contribution in [0.5, 0.6) is 17.2 Å². The van der Waals surface area contributed by atoms with Crippen LogP contribution in [-0.4, -0.2) is 37.9 Å². The molecule has 5 aromatic rings. The maximum Gasteiger partial charge on any atom is 0.296 e. The second kappa shape index (κ2) is 16.0. The molecule has 2 fully saturated rings. The predicted molar refractivity (Wildman–Crippen MR) is 215 cm³/mol. The van der Waals surface area contributed by atoms with E-state index in [1.165, 1.54) is 0 Å². The van der Waals surface area contributed by atoms with Gasteiger partial charge in [0.2, 0.25) is 0 Å². The molecule has 5 aromatic carbocycles. The first-order valence-electron chi connectivity index (χ1n) is 15.8. The molecule has 4 aliphatic rings. The van der Waals surface area contributed by atoms with E-state index in [4.69, 9.17) is 34.9 Å². The topological polar surface area (TPSA) is 86.9 Å². The smallest absolute Gasteiger partial charge is 0.296 e. The first-order valence-corrected chi connectivity index (χ1v) is 22.4. The number of rotatable bonds is 7. The van der Waals surface area contributed by atoms with Crippen molar-refractivity contribution in [3.05, 3.63) is 127 Å². The number of alkyl halides is 1. The van der Waals surface area contributed by atoms with Crippen molar-refractivity contribution >= 4 is 64.7 Å². The van der Waals surface area contributed by atoms with Crippen molar-refractivity contribution in [2.45, 2.75) is 17.6 Å². The van der Waals surface area contributed by atoms with Crippen LogP contribution in [0.25, 0.3) is 22.3 Å². The highest BCUT2D eigenvalue weighted by Crippen LogP contribution is 2.79. The molecule has 7 nitrogen and oxygen atoms in total. The van der Waals surface area contributed by atoms with E-state index in [0.717, 1.165) is 28.9 Å². The maximum atomic E-state index is 15.7. The first-order chi connectivity index (χ1) is 24.0. The lowest BCUT2D eigenvalue weighted by atomic mass is 10.0. The highest BCUT2D eigenvalue weighted by molar-refractivity contribution is 7.92. The van der Waals surface area contributed by atoms with Gasteiger partial charge in [-0.2, -0.15) is 9.90 Å². The minimum absolute atomic E-state index is 0. The second-order valence-corrected chi connectivity index (χ2v) is 17.2. The Morgan fingerprint density at radius 2 is 1.06 bits per heavy atom. The van der Waals surface area contributed by atoms with Crippen molar-refractivity contribution in [2.24, 2.45) is 0 Å². The molecule has 0 radical (unpaired) electrons. The largest absolute Gasteiger partial charge is 0.491 e. The highest BCUT2D eigenvalue weighted by Gasteiger charge is 2.57. The molecule has 260 valence electrons. The van der Waals surface area contributed by atoms with Gasteiger partial charge in [-0.1, -0.05) is 84.9 Å². The quantitative estimate of drug-likeness (QED) is 0.0925. The number of ether oxygens (including phenoxy) is 3. The Morgan fingerprint density at radius 3 is 1.48 bits per heavy atom. The van der Waals surface area contributed by atoms with E-state index in [0.29, 0.717) is 58.6 Å². The van der Waals surface area contributed by atoms with Crippen molar-refractivity contribution < 1.29 is 32.4 Å². The maximum absolute atomic E-state index is 15.7. The molecule has 7 unspecified atom stereocenters. The first kappa shape index (κ1) is 37.2. The predicted octanol–water partition coefficient (Wildman–Crippen LogP) is 9.12. The minimum atomic E-state index is -3.95. The van der Waals surface area contributed by atoms with Crippen LogP contribution in [0.2, 0.25) is 0 Å². The molecule has 4 heterocycles. The number of benzene rings is 5. The normalized spacial score (nSPS) is 23.3. The van der Waals surface area contributed by atoms with Crippen molar-refractivity contribution in [3.63, 3.8) is 0 Å². The number of para-hydroxylation sites is 2. The van der Waals surface area contributed by atoms with Gasteiger partial charge < -0.3 is 23.3 Å². The number of halogens is 1. The lowest BCUT2D eigenvalue weighted by molar-refractivity contribution is 0.263. The third-order valence-corrected chi connectivity index (χ3v) is 15.6. The lowest BCUT2D eigenvalue weighted by Crippen LogP contribution is -2.28. The van der Waals surface area contributed by atoms with Gasteiger partial charge in [-0.3, -0.25) is 9.13 Å². The summed E-state index contributed by atoms with van der Waals surface area (Å²) in [7, 11) is -3.24. The molecule has 50 heavy (non-hydrogen) atoms. The summed E-state index contributed by atoms with van der Waals surface area (Å²) in [5, 5.41) is -0.0834. The van der Waals surface area contributed by atoms with E-state index in [9.17, 15) is 0 Å². The standard InChI is InChI=1S/C34H26O6P2.C3H5ClO.H4P2.H3P/c35-41(32-15-7-3-11-28(32)26-9-1-5-13-30(26)39-41)34(23-17-19-24(20-18-23)37-21-25-22-38-25)42(36)33-16-8-4-12-29(33)27-10-2-6-14-31(27)40-42;4-1-3-2-5-3;1-2;/h1-20,25,34H,21-22H2;3H,1-2H2;1-2H2;1H3.